The van der Waals surface area contributed by atoms with E-state index in [4.69, 9.17) is 0 Å². The molecule has 1 aliphatic heterocycles. The number of benzene rings is 1. The molecule has 1 saturated carbocycles. The summed E-state index contributed by atoms with van der Waals surface area (Å²) in [5.74, 6) is 1.80. The van der Waals surface area contributed by atoms with Crippen LogP contribution in [0.15, 0.2) is 23.4 Å². The fraction of sp³-hybridized carbons (Fsp3) is 0.500. The van der Waals surface area contributed by atoms with E-state index in [0.717, 1.165) is 29.4 Å². The van der Waals surface area contributed by atoms with Gasteiger partial charge in [0.2, 0.25) is 10.0 Å². The molecule has 0 saturated heterocycles. The number of sulfonamides is 1. The second-order valence-electron chi connectivity index (χ2n) is 7.34. The number of fused-ring (bicyclic) bond motifs is 1. The summed E-state index contributed by atoms with van der Waals surface area (Å²) in [4.78, 5) is 12.6. The average Bonchev–Trinajstić information content (AvgIpc) is 3.28. The fourth-order valence-corrected chi connectivity index (χ4v) is 5.72. The van der Waals surface area contributed by atoms with Crippen molar-refractivity contribution in [3.63, 3.8) is 0 Å². The van der Waals surface area contributed by atoms with Crippen molar-refractivity contribution in [1.82, 2.24) is 14.8 Å². The van der Waals surface area contributed by atoms with Crippen LogP contribution in [0, 0.1) is 0 Å². The number of hydrogen-bond donors (Lipinski definition) is 0. The van der Waals surface area contributed by atoms with Crippen molar-refractivity contribution in [2.45, 2.75) is 43.3 Å². The quantitative estimate of drug-likeness (QED) is 0.541. The number of rotatable bonds is 6. The van der Waals surface area contributed by atoms with Crippen LogP contribution in [0.25, 0.3) is 0 Å². The largest absolute Gasteiger partial charge is 0.309 e. The molecule has 2 aliphatic rings. The minimum atomic E-state index is -3.32. The summed E-state index contributed by atoms with van der Waals surface area (Å²) in [5.41, 5.74) is 2.18. The third-order valence-electron chi connectivity index (χ3n) is 5.06. The lowest BCUT2D eigenvalue weighted by atomic mass is 10.0. The van der Waals surface area contributed by atoms with Crippen LogP contribution in [-0.4, -0.2) is 47.0 Å². The Balaban J connectivity index is 1.48. The third kappa shape index (κ3) is 3.50. The van der Waals surface area contributed by atoms with E-state index in [1.807, 2.05) is 24.6 Å². The highest BCUT2D eigenvalue weighted by atomic mass is 32.2. The van der Waals surface area contributed by atoms with E-state index >= 15 is 0 Å². The van der Waals surface area contributed by atoms with E-state index in [1.165, 1.54) is 22.3 Å². The molecule has 1 atom stereocenters. The molecule has 0 spiro atoms. The number of thioether (sulfide) groups is 1. The van der Waals surface area contributed by atoms with Crippen molar-refractivity contribution in [3.8, 4) is 0 Å². The van der Waals surface area contributed by atoms with Gasteiger partial charge in [-0.05, 0) is 49.9 Å². The maximum absolute atomic E-state index is 12.6. The smallest absolute Gasteiger partial charge is 0.232 e. The lowest BCUT2D eigenvalue weighted by molar-refractivity contribution is 0.102. The molecule has 1 aliphatic carbocycles. The lowest BCUT2D eigenvalue weighted by Crippen LogP contribution is -2.34. The zero-order valence-corrected chi connectivity index (χ0v) is 17.2. The van der Waals surface area contributed by atoms with Crippen LogP contribution in [0.3, 0.4) is 0 Å². The number of carbonyl (C=O) groups excluding carboxylic acids is 1. The van der Waals surface area contributed by atoms with Crippen LogP contribution < -0.4 is 4.31 Å². The molecule has 7 nitrogen and oxygen atoms in total. The van der Waals surface area contributed by atoms with Gasteiger partial charge >= 0.3 is 0 Å². The molecule has 0 N–H and O–H groups in total. The highest BCUT2D eigenvalue weighted by Crippen LogP contribution is 2.39. The number of anilines is 1. The van der Waals surface area contributed by atoms with Gasteiger partial charge < -0.3 is 4.57 Å². The van der Waals surface area contributed by atoms with Crippen molar-refractivity contribution in [1.29, 1.82) is 0 Å². The molecular formula is C18H22N4O3S2. The normalized spacial score (nSPS) is 19.4. The van der Waals surface area contributed by atoms with Crippen molar-refractivity contribution >= 4 is 33.3 Å². The summed E-state index contributed by atoms with van der Waals surface area (Å²) in [6, 6.07) is 5.15. The number of Topliss-reactive ketones (excluding diaryl/α,β-unsaturated/α-hetero) is 1. The second-order valence-corrected chi connectivity index (χ2v) is 10.1. The molecule has 1 aromatic heterocycles. The van der Waals surface area contributed by atoms with Gasteiger partial charge in [0.15, 0.2) is 10.9 Å². The lowest BCUT2D eigenvalue weighted by Gasteiger charge is -2.21. The Morgan fingerprint density at radius 1 is 1.30 bits per heavy atom. The number of aromatic nitrogens is 3. The topological polar surface area (TPSA) is 85.2 Å². The highest BCUT2D eigenvalue weighted by molar-refractivity contribution is 7.99. The number of hydrogen-bond acceptors (Lipinski definition) is 6. The summed E-state index contributed by atoms with van der Waals surface area (Å²) < 4.78 is 27.4. The summed E-state index contributed by atoms with van der Waals surface area (Å²) >= 11 is 1.39. The van der Waals surface area contributed by atoms with Gasteiger partial charge in [0.25, 0.3) is 0 Å². The first-order valence-electron chi connectivity index (χ1n) is 8.93. The van der Waals surface area contributed by atoms with Crippen LogP contribution in [0.1, 0.15) is 47.4 Å². The molecule has 0 bridgehead atoms. The minimum Gasteiger partial charge on any atom is -0.309 e. The molecule has 144 valence electrons. The first-order valence-corrected chi connectivity index (χ1v) is 11.8. The van der Waals surface area contributed by atoms with Crippen LogP contribution in [0.5, 0.6) is 0 Å². The van der Waals surface area contributed by atoms with Crippen LogP contribution in [-0.2, 0) is 23.5 Å². The second kappa shape index (κ2) is 6.63. The Bertz CT molecular complexity index is 1010. The van der Waals surface area contributed by atoms with Gasteiger partial charge in [-0.25, -0.2) is 8.42 Å². The summed E-state index contributed by atoms with van der Waals surface area (Å²) in [7, 11) is -1.38. The standard InChI is InChI=1S/C18H22N4O3S2/c1-11-8-14-9-13(6-7-15(14)22(11)27(3,24)25)16(23)10-26-18-20-19-17(21(18)2)12-4-5-12/h6-7,9,11-12H,4-5,8,10H2,1-3H3/t11-/m1/s1. The third-order valence-corrected chi connectivity index (χ3v) is 7.35. The zero-order chi connectivity index (χ0) is 19.3. The molecule has 1 fully saturated rings. The van der Waals surface area contributed by atoms with E-state index < -0.39 is 10.0 Å². The Morgan fingerprint density at radius 2 is 2.04 bits per heavy atom. The molecule has 1 aromatic carbocycles. The number of nitrogens with zero attached hydrogens (tertiary/aromatic N) is 4. The molecule has 2 aromatic rings. The molecule has 0 amide bonds. The molecule has 0 unspecified atom stereocenters. The van der Waals surface area contributed by atoms with Crippen molar-refractivity contribution in [2.24, 2.45) is 7.05 Å². The number of carbonyl (C=O) groups is 1. The van der Waals surface area contributed by atoms with Crippen LogP contribution in [0.4, 0.5) is 5.69 Å². The first kappa shape index (κ1) is 18.5. The predicted octanol–water partition coefficient (Wildman–Crippen LogP) is 2.38. The minimum absolute atomic E-state index is 0.00392. The molecule has 0 radical (unpaired) electrons. The van der Waals surface area contributed by atoms with Gasteiger partial charge in [-0.15, -0.1) is 10.2 Å². The van der Waals surface area contributed by atoms with Gasteiger partial charge in [0, 0.05) is 24.6 Å². The Morgan fingerprint density at radius 3 is 2.70 bits per heavy atom. The Labute approximate surface area is 163 Å². The fourth-order valence-electron chi connectivity index (χ4n) is 3.64. The van der Waals surface area contributed by atoms with E-state index in [1.54, 1.807) is 12.1 Å². The van der Waals surface area contributed by atoms with E-state index in [0.29, 0.717) is 23.6 Å². The SMILES string of the molecule is C[C@@H]1Cc2cc(C(=O)CSc3nnc(C4CC4)n3C)ccc2N1S(C)(=O)=O. The van der Waals surface area contributed by atoms with E-state index in [2.05, 4.69) is 10.2 Å². The van der Waals surface area contributed by atoms with Crippen LogP contribution in [0.2, 0.25) is 0 Å². The maximum atomic E-state index is 12.6. The first-order chi connectivity index (χ1) is 12.8. The maximum Gasteiger partial charge on any atom is 0.232 e. The summed E-state index contributed by atoms with van der Waals surface area (Å²) in [6.07, 6.45) is 4.15. The van der Waals surface area contributed by atoms with Gasteiger partial charge in [0.05, 0.1) is 17.7 Å². The number of ketones is 1. The summed E-state index contributed by atoms with van der Waals surface area (Å²) in [6.45, 7) is 1.88. The molecule has 4 rings (SSSR count). The monoisotopic (exact) mass is 406 g/mol. The van der Waals surface area contributed by atoms with Crippen molar-refractivity contribution < 1.29 is 13.2 Å². The Hall–Kier alpha value is -1.87. The molecular weight excluding hydrogens is 384 g/mol. The van der Waals surface area contributed by atoms with Gasteiger partial charge in [-0.3, -0.25) is 9.10 Å². The van der Waals surface area contributed by atoms with Gasteiger partial charge in [-0.2, -0.15) is 0 Å². The zero-order valence-electron chi connectivity index (χ0n) is 15.5. The van der Waals surface area contributed by atoms with Crippen molar-refractivity contribution in [2.75, 3.05) is 16.3 Å². The molecule has 27 heavy (non-hydrogen) atoms. The average molecular weight is 407 g/mol. The molecule has 2 heterocycles. The van der Waals surface area contributed by atoms with E-state index in [-0.39, 0.29) is 17.6 Å². The Kier molecular flexibility index (Phi) is 4.54. The highest BCUT2D eigenvalue weighted by Gasteiger charge is 2.33. The van der Waals surface area contributed by atoms with Crippen molar-refractivity contribution in [3.05, 3.63) is 35.2 Å². The van der Waals surface area contributed by atoms with E-state index in [9.17, 15) is 13.2 Å². The van der Waals surface area contributed by atoms with Gasteiger partial charge in [-0.1, -0.05) is 11.8 Å². The summed E-state index contributed by atoms with van der Waals surface area (Å²) in [5, 5.41) is 9.18. The predicted molar refractivity (Wildman–Crippen MR) is 105 cm³/mol. The van der Waals surface area contributed by atoms with Crippen LogP contribution >= 0.6 is 11.8 Å². The van der Waals surface area contributed by atoms with Gasteiger partial charge in [0.1, 0.15) is 5.82 Å². The molecule has 9 heteroatoms.